The summed E-state index contributed by atoms with van der Waals surface area (Å²) < 4.78 is 12.7. The molecule has 17 heavy (non-hydrogen) atoms. The summed E-state index contributed by atoms with van der Waals surface area (Å²) in [5, 5.41) is 0.615. The molecule has 1 unspecified atom stereocenters. The molecule has 2 aromatic rings. The van der Waals surface area contributed by atoms with E-state index < -0.39 is 10.8 Å². The first-order valence-electron chi connectivity index (χ1n) is 4.98. The number of hydrogen-bond acceptors (Lipinski definition) is 1. The number of halogens is 2. The Kier molecular flexibility index (Phi) is 4.02. The molecule has 0 fully saturated rings. The predicted molar refractivity (Wildman–Crippen MR) is 76.9 cm³/mol. The van der Waals surface area contributed by atoms with Crippen molar-refractivity contribution >= 4 is 38.3 Å². The minimum Gasteiger partial charge on any atom is -0.255 e. The van der Waals surface area contributed by atoms with Gasteiger partial charge in [0.15, 0.2) is 0 Å². The summed E-state index contributed by atoms with van der Waals surface area (Å²) in [5.74, 6) is 0. The van der Waals surface area contributed by atoms with Crippen LogP contribution in [0, 0.1) is 0 Å². The number of hydrogen-bond donors (Lipinski definition) is 0. The normalized spacial score (nSPS) is 12.4. The molecular formula is C13H10BrClOS. The Bertz CT molecular complexity index is 583. The summed E-state index contributed by atoms with van der Waals surface area (Å²) in [6.45, 7) is 0. The highest BCUT2D eigenvalue weighted by Gasteiger charge is 2.13. The Morgan fingerprint density at radius 1 is 1.12 bits per heavy atom. The maximum Gasteiger partial charge on any atom is 0.0504 e. The molecule has 1 atom stereocenters. The summed E-state index contributed by atoms with van der Waals surface area (Å²) in [6.07, 6.45) is 1.66. The van der Waals surface area contributed by atoms with Gasteiger partial charge in [-0.15, -0.1) is 0 Å². The third kappa shape index (κ3) is 2.62. The van der Waals surface area contributed by atoms with E-state index in [-0.39, 0.29) is 0 Å². The van der Waals surface area contributed by atoms with Gasteiger partial charge >= 0.3 is 0 Å². The van der Waals surface area contributed by atoms with Crippen molar-refractivity contribution in [2.24, 2.45) is 0 Å². The van der Waals surface area contributed by atoms with Gasteiger partial charge in [-0.05, 0) is 23.8 Å². The minimum absolute atomic E-state index is 0.615. The van der Waals surface area contributed by atoms with Crippen LogP contribution in [-0.2, 0) is 10.8 Å². The highest BCUT2D eigenvalue weighted by molar-refractivity contribution is 9.10. The third-order valence-electron chi connectivity index (χ3n) is 2.43. The Hall–Kier alpha value is -0.640. The zero-order valence-electron chi connectivity index (χ0n) is 9.11. The Balaban J connectivity index is 2.75. The van der Waals surface area contributed by atoms with Crippen LogP contribution in [-0.4, -0.2) is 10.5 Å². The van der Waals surface area contributed by atoms with Crippen LogP contribution in [0.4, 0.5) is 0 Å². The lowest BCUT2D eigenvalue weighted by molar-refractivity contribution is 0.687. The van der Waals surface area contributed by atoms with E-state index >= 15 is 0 Å². The molecule has 0 saturated heterocycles. The van der Waals surface area contributed by atoms with Crippen molar-refractivity contribution in [1.29, 1.82) is 0 Å². The zero-order valence-corrected chi connectivity index (χ0v) is 12.3. The summed E-state index contributed by atoms with van der Waals surface area (Å²) >= 11 is 9.72. The summed E-state index contributed by atoms with van der Waals surface area (Å²) in [6, 6.07) is 13.3. The van der Waals surface area contributed by atoms with E-state index in [9.17, 15) is 4.21 Å². The Morgan fingerprint density at radius 3 is 2.47 bits per heavy atom. The van der Waals surface area contributed by atoms with E-state index in [1.165, 1.54) is 0 Å². The monoisotopic (exact) mass is 328 g/mol. The molecule has 0 N–H and O–H groups in total. The van der Waals surface area contributed by atoms with Crippen LogP contribution in [0.1, 0.15) is 0 Å². The van der Waals surface area contributed by atoms with E-state index in [1.54, 1.807) is 6.26 Å². The average Bonchev–Trinajstić information content (AvgIpc) is 2.30. The molecule has 88 valence electrons. The molecule has 2 aromatic carbocycles. The molecule has 1 nitrogen and oxygen atoms in total. The second-order valence-corrected chi connectivity index (χ2v) is 6.16. The minimum atomic E-state index is -1.06. The molecular weight excluding hydrogens is 320 g/mol. The van der Waals surface area contributed by atoms with Crippen molar-refractivity contribution < 1.29 is 4.21 Å². The Labute approximate surface area is 116 Å². The first-order chi connectivity index (χ1) is 8.11. The van der Waals surface area contributed by atoms with E-state index in [0.29, 0.717) is 5.02 Å². The van der Waals surface area contributed by atoms with Gasteiger partial charge in [0.25, 0.3) is 0 Å². The number of rotatable bonds is 2. The van der Waals surface area contributed by atoms with E-state index in [0.717, 1.165) is 20.5 Å². The van der Waals surface area contributed by atoms with Gasteiger partial charge in [-0.3, -0.25) is 4.21 Å². The predicted octanol–water partition coefficient (Wildman–Crippen LogP) is 4.51. The van der Waals surface area contributed by atoms with Gasteiger partial charge in [0.1, 0.15) is 0 Å². The van der Waals surface area contributed by atoms with Crippen molar-refractivity contribution in [3.8, 4) is 11.1 Å². The molecule has 0 spiro atoms. The van der Waals surface area contributed by atoms with Crippen LogP contribution in [0.3, 0.4) is 0 Å². The van der Waals surface area contributed by atoms with Gasteiger partial charge in [0.05, 0.1) is 10.8 Å². The molecule has 0 amide bonds. The quantitative estimate of drug-likeness (QED) is 0.792. The molecule has 0 radical (unpaired) electrons. The van der Waals surface area contributed by atoms with E-state index in [1.807, 2.05) is 42.5 Å². The molecule has 0 aliphatic carbocycles. The molecule has 0 aliphatic rings. The van der Waals surface area contributed by atoms with Gasteiger partial charge in [-0.2, -0.15) is 0 Å². The molecule has 0 heterocycles. The SMILES string of the molecule is CS(=O)c1cccc(Cl)c1-c1ccccc1Br. The zero-order chi connectivity index (χ0) is 12.4. The molecule has 4 heteroatoms. The third-order valence-corrected chi connectivity index (χ3v) is 4.39. The lowest BCUT2D eigenvalue weighted by Gasteiger charge is -2.11. The second-order valence-electron chi connectivity index (χ2n) is 3.55. The second kappa shape index (κ2) is 5.34. The summed E-state index contributed by atoms with van der Waals surface area (Å²) in [7, 11) is -1.06. The standard InChI is InChI=1S/C13H10BrClOS/c1-17(16)12-8-4-7-11(15)13(12)9-5-2-3-6-10(9)14/h2-8H,1H3. The van der Waals surface area contributed by atoms with Gasteiger partial charge in [-0.25, -0.2) is 0 Å². The highest BCUT2D eigenvalue weighted by atomic mass is 79.9. The summed E-state index contributed by atoms with van der Waals surface area (Å²) in [4.78, 5) is 0.754. The maximum atomic E-state index is 11.7. The van der Waals surface area contributed by atoms with Crippen LogP contribution in [0.5, 0.6) is 0 Å². The molecule has 0 saturated carbocycles. The van der Waals surface area contributed by atoms with E-state index in [2.05, 4.69) is 15.9 Å². The van der Waals surface area contributed by atoms with Crippen molar-refractivity contribution in [3.63, 3.8) is 0 Å². The van der Waals surface area contributed by atoms with Gasteiger partial charge < -0.3 is 0 Å². The van der Waals surface area contributed by atoms with Gasteiger partial charge in [0.2, 0.25) is 0 Å². The fraction of sp³-hybridized carbons (Fsp3) is 0.0769. The van der Waals surface area contributed by atoms with Crippen LogP contribution < -0.4 is 0 Å². The van der Waals surface area contributed by atoms with Crippen LogP contribution >= 0.6 is 27.5 Å². The molecule has 2 rings (SSSR count). The maximum absolute atomic E-state index is 11.7. The van der Waals surface area contributed by atoms with Crippen molar-refractivity contribution in [2.45, 2.75) is 4.90 Å². The lowest BCUT2D eigenvalue weighted by Crippen LogP contribution is -1.93. The Morgan fingerprint density at radius 2 is 1.82 bits per heavy atom. The number of benzene rings is 2. The first-order valence-corrected chi connectivity index (χ1v) is 7.71. The topological polar surface area (TPSA) is 17.1 Å². The van der Waals surface area contributed by atoms with Crippen molar-refractivity contribution in [2.75, 3.05) is 6.26 Å². The van der Waals surface area contributed by atoms with Gasteiger partial charge in [-0.1, -0.05) is 51.8 Å². The lowest BCUT2D eigenvalue weighted by atomic mass is 10.1. The molecule has 0 bridgehead atoms. The van der Waals surface area contributed by atoms with E-state index in [4.69, 9.17) is 11.6 Å². The molecule has 0 aromatic heterocycles. The van der Waals surface area contributed by atoms with Crippen LogP contribution in [0.15, 0.2) is 51.8 Å². The fourth-order valence-corrected chi connectivity index (χ4v) is 3.26. The van der Waals surface area contributed by atoms with Crippen molar-refractivity contribution in [1.82, 2.24) is 0 Å². The van der Waals surface area contributed by atoms with Gasteiger partial charge in [0, 0.05) is 26.2 Å². The average molecular weight is 330 g/mol. The van der Waals surface area contributed by atoms with Crippen LogP contribution in [0.2, 0.25) is 5.02 Å². The fourth-order valence-electron chi connectivity index (χ4n) is 1.67. The highest BCUT2D eigenvalue weighted by Crippen LogP contribution is 2.37. The first kappa shape index (κ1) is 12.8. The smallest absolute Gasteiger partial charge is 0.0504 e. The largest absolute Gasteiger partial charge is 0.255 e. The van der Waals surface area contributed by atoms with Crippen LogP contribution in [0.25, 0.3) is 11.1 Å². The summed E-state index contributed by atoms with van der Waals surface area (Å²) in [5.41, 5.74) is 1.80. The molecule has 0 aliphatic heterocycles. The van der Waals surface area contributed by atoms with Crippen molar-refractivity contribution in [3.05, 3.63) is 52.0 Å².